The number of non-ortho nitro benzene ring substituents is 1. The van der Waals surface area contributed by atoms with Gasteiger partial charge in [-0.3, -0.25) is 14.9 Å². The van der Waals surface area contributed by atoms with E-state index >= 15 is 0 Å². The predicted molar refractivity (Wildman–Crippen MR) is 101 cm³/mol. The van der Waals surface area contributed by atoms with Gasteiger partial charge in [-0.25, -0.2) is 18.4 Å². The zero-order valence-electron chi connectivity index (χ0n) is 15.3. The first-order chi connectivity index (χ1) is 13.5. The van der Waals surface area contributed by atoms with Gasteiger partial charge < -0.3 is 14.8 Å². The van der Waals surface area contributed by atoms with Crippen molar-refractivity contribution in [3.8, 4) is 5.75 Å². The van der Waals surface area contributed by atoms with E-state index in [1.54, 1.807) is 0 Å². The average Bonchev–Trinajstić information content (AvgIpc) is 2.67. The number of carbonyl (C=O) groups excluding carboxylic acids is 2. The van der Waals surface area contributed by atoms with Crippen LogP contribution in [0.1, 0.15) is 17.3 Å². The van der Waals surface area contributed by atoms with Crippen molar-refractivity contribution in [3.63, 3.8) is 0 Å². The van der Waals surface area contributed by atoms with Crippen molar-refractivity contribution in [1.29, 1.82) is 0 Å². The first-order valence-electron chi connectivity index (χ1n) is 8.00. The number of hydrogen-bond donors (Lipinski definition) is 2. The largest absolute Gasteiger partial charge is 0.495 e. The number of amides is 1. The van der Waals surface area contributed by atoms with Crippen LogP contribution in [0.2, 0.25) is 0 Å². The molecule has 2 rings (SSSR count). The minimum Gasteiger partial charge on any atom is -0.495 e. The molecule has 0 fully saturated rings. The Bertz CT molecular complexity index is 1050. The van der Waals surface area contributed by atoms with Gasteiger partial charge in [-0.2, -0.15) is 0 Å². The maximum Gasteiger partial charge on any atom is 0.338 e. The number of nitrogens with zero attached hydrogens (tertiary/aromatic N) is 1. The molecule has 2 aromatic carbocycles. The van der Waals surface area contributed by atoms with E-state index in [1.807, 2.05) is 0 Å². The molecule has 29 heavy (non-hydrogen) atoms. The van der Waals surface area contributed by atoms with Crippen LogP contribution < -0.4 is 15.2 Å². The summed E-state index contributed by atoms with van der Waals surface area (Å²) >= 11 is 0. The third-order valence-corrected chi connectivity index (χ3v) is 4.64. The number of primary sulfonamides is 1. The third-order valence-electron chi connectivity index (χ3n) is 3.70. The zero-order valence-corrected chi connectivity index (χ0v) is 16.1. The highest BCUT2D eigenvalue weighted by molar-refractivity contribution is 7.89. The van der Waals surface area contributed by atoms with Crippen molar-refractivity contribution in [2.24, 2.45) is 5.14 Å². The minimum atomic E-state index is -4.16. The zero-order chi connectivity index (χ0) is 21.8. The molecule has 2 aromatic rings. The molecule has 0 aliphatic heterocycles. The summed E-state index contributed by atoms with van der Waals surface area (Å²) in [6, 6.07) is 8.54. The molecule has 0 spiro atoms. The Hall–Kier alpha value is -3.51. The topological polar surface area (TPSA) is 168 Å². The summed E-state index contributed by atoms with van der Waals surface area (Å²) in [6.07, 6.45) is -1.24. The number of carbonyl (C=O) groups is 2. The van der Waals surface area contributed by atoms with Gasteiger partial charge in [0.2, 0.25) is 10.0 Å². The quantitative estimate of drug-likeness (QED) is 0.383. The van der Waals surface area contributed by atoms with Gasteiger partial charge >= 0.3 is 5.97 Å². The van der Waals surface area contributed by atoms with Crippen molar-refractivity contribution in [3.05, 3.63) is 58.1 Å². The molecule has 0 aromatic heterocycles. The molecule has 0 aliphatic carbocycles. The molecule has 1 amide bonds. The van der Waals surface area contributed by atoms with Crippen LogP contribution in [0.4, 0.5) is 11.4 Å². The number of ether oxygens (including phenoxy) is 2. The molecule has 12 heteroatoms. The van der Waals surface area contributed by atoms with E-state index in [2.05, 4.69) is 5.32 Å². The van der Waals surface area contributed by atoms with Crippen LogP contribution in [0.15, 0.2) is 47.4 Å². The summed E-state index contributed by atoms with van der Waals surface area (Å²) in [5.41, 5.74) is -0.0260. The third kappa shape index (κ3) is 5.49. The number of hydrogen-bond acceptors (Lipinski definition) is 8. The normalized spacial score (nSPS) is 12.0. The Kier molecular flexibility index (Phi) is 6.51. The fraction of sp³-hybridized carbons (Fsp3) is 0.176. The molecule has 0 saturated heterocycles. The molecule has 0 saturated carbocycles. The monoisotopic (exact) mass is 423 g/mol. The maximum atomic E-state index is 12.3. The maximum absolute atomic E-state index is 12.3. The van der Waals surface area contributed by atoms with Crippen LogP contribution in [-0.4, -0.2) is 38.4 Å². The second kappa shape index (κ2) is 8.67. The average molecular weight is 423 g/mol. The molecule has 11 nitrogen and oxygen atoms in total. The Morgan fingerprint density at radius 1 is 1.17 bits per heavy atom. The molecule has 3 N–H and O–H groups in total. The van der Waals surface area contributed by atoms with E-state index in [9.17, 15) is 28.1 Å². The number of esters is 1. The van der Waals surface area contributed by atoms with Crippen molar-refractivity contribution in [2.75, 3.05) is 12.4 Å². The lowest BCUT2D eigenvalue weighted by atomic mass is 10.2. The first kappa shape index (κ1) is 21.8. The van der Waals surface area contributed by atoms with Gasteiger partial charge in [0.15, 0.2) is 6.10 Å². The van der Waals surface area contributed by atoms with E-state index in [1.165, 1.54) is 50.4 Å². The van der Waals surface area contributed by atoms with Gasteiger partial charge in [-0.1, -0.05) is 0 Å². The Balaban J connectivity index is 2.10. The molecule has 0 bridgehead atoms. The van der Waals surface area contributed by atoms with Gasteiger partial charge in [0.1, 0.15) is 10.6 Å². The number of sulfonamides is 1. The fourth-order valence-corrected chi connectivity index (χ4v) is 2.94. The second-order valence-electron chi connectivity index (χ2n) is 5.75. The van der Waals surface area contributed by atoms with E-state index in [4.69, 9.17) is 14.6 Å². The molecule has 1 unspecified atom stereocenters. The summed E-state index contributed by atoms with van der Waals surface area (Å²) in [6.45, 7) is 1.31. The van der Waals surface area contributed by atoms with E-state index in [-0.39, 0.29) is 22.7 Å². The molecular weight excluding hydrogens is 406 g/mol. The Labute approximate surface area is 165 Å². The van der Waals surface area contributed by atoms with Crippen LogP contribution in [0.25, 0.3) is 0 Å². The standard InChI is InChI=1S/C17H17N3O8S/c1-10(16(21)19-12-4-6-13(7-5-12)20(23)24)28-17(22)11-3-8-14(27-2)15(9-11)29(18,25)26/h3-10H,1-2H3,(H,19,21)(H2,18,25,26). The number of anilines is 1. The van der Waals surface area contributed by atoms with Gasteiger partial charge in [-0.15, -0.1) is 0 Å². The van der Waals surface area contributed by atoms with Crippen LogP contribution in [0.5, 0.6) is 5.75 Å². The highest BCUT2D eigenvalue weighted by Gasteiger charge is 2.22. The molecule has 0 aliphatic rings. The predicted octanol–water partition coefficient (Wildman–Crippen LogP) is 1.43. The molecule has 1 atom stereocenters. The number of benzene rings is 2. The summed E-state index contributed by atoms with van der Waals surface area (Å²) in [5.74, 6) is -1.69. The van der Waals surface area contributed by atoms with Crippen LogP contribution in [0.3, 0.4) is 0 Å². The van der Waals surface area contributed by atoms with Crippen LogP contribution >= 0.6 is 0 Å². The van der Waals surface area contributed by atoms with Gasteiger partial charge in [0.25, 0.3) is 11.6 Å². The van der Waals surface area contributed by atoms with Crippen molar-refractivity contribution >= 4 is 33.3 Å². The Morgan fingerprint density at radius 3 is 2.31 bits per heavy atom. The van der Waals surface area contributed by atoms with E-state index in [0.29, 0.717) is 0 Å². The van der Waals surface area contributed by atoms with E-state index < -0.39 is 37.8 Å². The number of methoxy groups -OCH3 is 1. The summed E-state index contributed by atoms with van der Waals surface area (Å²) < 4.78 is 33.2. The second-order valence-corrected chi connectivity index (χ2v) is 7.28. The van der Waals surface area contributed by atoms with E-state index in [0.717, 1.165) is 6.07 Å². The van der Waals surface area contributed by atoms with Gasteiger partial charge in [0.05, 0.1) is 17.6 Å². The van der Waals surface area contributed by atoms with Crippen molar-refractivity contribution < 1.29 is 32.4 Å². The number of nitrogens with one attached hydrogen (secondary N) is 1. The lowest BCUT2D eigenvalue weighted by Gasteiger charge is -2.14. The number of nitrogens with two attached hydrogens (primary N) is 1. The Morgan fingerprint density at radius 2 is 1.79 bits per heavy atom. The molecule has 154 valence electrons. The lowest BCUT2D eigenvalue weighted by Crippen LogP contribution is -2.30. The molecular formula is C17H17N3O8S. The highest BCUT2D eigenvalue weighted by atomic mass is 32.2. The highest BCUT2D eigenvalue weighted by Crippen LogP contribution is 2.24. The van der Waals surface area contributed by atoms with Crippen LogP contribution in [0, 0.1) is 10.1 Å². The number of nitro groups is 1. The molecule has 0 radical (unpaired) electrons. The summed E-state index contributed by atoms with van der Waals surface area (Å²) in [5, 5.41) is 18.2. The van der Waals surface area contributed by atoms with Gasteiger partial charge in [0, 0.05) is 17.8 Å². The molecule has 0 heterocycles. The first-order valence-corrected chi connectivity index (χ1v) is 9.54. The SMILES string of the molecule is COc1ccc(C(=O)OC(C)C(=O)Nc2ccc([N+](=O)[O-])cc2)cc1S(N)(=O)=O. The summed E-state index contributed by atoms with van der Waals surface area (Å²) in [4.78, 5) is 34.1. The lowest BCUT2D eigenvalue weighted by molar-refractivity contribution is -0.384. The number of rotatable bonds is 7. The fourth-order valence-electron chi connectivity index (χ4n) is 2.22. The minimum absolute atomic E-state index is 0.0481. The van der Waals surface area contributed by atoms with Crippen molar-refractivity contribution in [2.45, 2.75) is 17.9 Å². The van der Waals surface area contributed by atoms with Crippen molar-refractivity contribution in [1.82, 2.24) is 0 Å². The van der Waals surface area contributed by atoms with Crippen LogP contribution in [-0.2, 0) is 19.6 Å². The smallest absolute Gasteiger partial charge is 0.338 e. The van der Waals surface area contributed by atoms with Gasteiger partial charge in [-0.05, 0) is 37.3 Å². The number of nitro benzene ring substituents is 1. The summed E-state index contributed by atoms with van der Waals surface area (Å²) in [7, 11) is -2.91.